The molecule has 3 nitrogen and oxygen atoms in total. The molecule has 0 aromatic carbocycles. The van der Waals surface area contributed by atoms with E-state index in [9.17, 15) is 13.2 Å². The van der Waals surface area contributed by atoms with Crippen LogP contribution >= 0.6 is 11.6 Å². The number of carbonyl (C=O) groups excluding carboxylic acids is 1. The Labute approximate surface area is 78.7 Å². The molecule has 0 fully saturated rings. The van der Waals surface area contributed by atoms with Crippen molar-refractivity contribution in [3.8, 4) is 0 Å². The van der Waals surface area contributed by atoms with Gasteiger partial charge in [0.2, 0.25) is 6.41 Å². The third-order valence-electron chi connectivity index (χ3n) is 1.14. The SMILES string of the molecule is NC=O.OCC(CCCl)C(F)(F)F. The molecule has 0 spiro atoms. The smallest absolute Gasteiger partial charge is 0.394 e. The minimum Gasteiger partial charge on any atom is -0.396 e. The largest absolute Gasteiger partial charge is 0.396 e. The topological polar surface area (TPSA) is 63.3 Å². The Hall–Kier alpha value is -0.490. The highest BCUT2D eigenvalue weighted by atomic mass is 35.5. The van der Waals surface area contributed by atoms with Gasteiger partial charge in [-0.3, -0.25) is 4.79 Å². The van der Waals surface area contributed by atoms with Gasteiger partial charge in [-0.2, -0.15) is 13.2 Å². The maximum atomic E-state index is 11.7. The summed E-state index contributed by atoms with van der Waals surface area (Å²) in [4.78, 5) is 8.58. The molecule has 0 rings (SSSR count). The van der Waals surface area contributed by atoms with E-state index in [1.807, 2.05) is 0 Å². The summed E-state index contributed by atoms with van der Waals surface area (Å²) < 4.78 is 35.1. The normalized spacial score (nSPS) is 12.7. The molecule has 0 heterocycles. The van der Waals surface area contributed by atoms with Crippen molar-refractivity contribution in [2.45, 2.75) is 12.6 Å². The first-order chi connectivity index (χ1) is 5.93. The van der Waals surface area contributed by atoms with E-state index in [0.717, 1.165) is 0 Å². The molecule has 0 aliphatic carbocycles. The quantitative estimate of drug-likeness (QED) is 0.549. The molecule has 80 valence electrons. The van der Waals surface area contributed by atoms with Crippen molar-refractivity contribution in [3.05, 3.63) is 0 Å². The second kappa shape index (κ2) is 8.12. The van der Waals surface area contributed by atoms with Crippen LogP contribution in [-0.4, -0.2) is 30.2 Å². The average molecular weight is 222 g/mol. The Morgan fingerprint density at radius 2 is 1.92 bits per heavy atom. The van der Waals surface area contributed by atoms with Gasteiger partial charge < -0.3 is 10.8 Å². The summed E-state index contributed by atoms with van der Waals surface area (Å²) in [7, 11) is 0. The average Bonchev–Trinajstić information content (AvgIpc) is 1.99. The van der Waals surface area contributed by atoms with Crippen LogP contribution in [0.3, 0.4) is 0 Å². The summed E-state index contributed by atoms with van der Waals surface area (Å²) in [6.45, 7) is -0.879. The van der Waals surface area contributed by atoms with Crippen LogP contribution in [0.1, 0.15) is 6.42 Å². The number of rotatable bonds is 3. The Morgan fingerprint density at radius 1 is 1.54 bits per heavy atom. The van der Waals surface area contributed by atoms with Crippen LogP contribution in [-0.2, 0) is 4.79 Å². The molecule has 0 saturated heterocycles. The molecule has 13 heavy (non-hydrogen) atoms. The Bertz CT molecular complexity index is 132. The van der Waals surface area contributed by atoms with Crippen molar-refractivity contribution in [3.63, 3.8) is 0 Å². The monoisotopic (exact) mass is 221 g/mol. The summed E-state index contributed by atoms with van der Waals surface area (Å²) in [6.07, 6.45) is -4.29. The summed E-state index contributed by atoms with van der Waals surface area (Å²) in [5.74, 6) is -1.74. The maximum absolute atomic E-state index is 11.7. The number of nitrogens with two attached hydrogens (primary N) is 1. The molecule has 7 heteroatoms. The molecule has 1 atom stereocenters. The number of hydrogen-bond donors (Lipinski definition) is 2. The molecule has 0 aromatic rings. The highest BCUT2D eigenvalue weighted by Crippen LogP contribution is 2.28. The van der Waals surface area contributed by atoms with E-state index in [0.29, 0.717) is 0 Å². The fraction of sp³-hybridized carbons (Fsp3) is 0.833. The van der Waals surface area contributed by atoms with E-state index >= 15 is 0 Å². The number of hydrogen-bond acceptors (Lipinski definition) is 2. The highest BCUT2D eigenvalue weighted by Gasteiger charge is 2.38. The lowest BCUT2D eigenvalue weighted by Crippen LogP contribution is -2.26. The second-order valence-electron chi connectivity index (χ2n) is 2.03. The maximum Gasteiger partial charge on any atom is 0.394 e. The van der Waals surface area contributed by atoms with Gasteiger partial charge in [-0.05, 0) is 6.42 Å². The highest BCUT2D eigenvalue weighted by molar-refractivity contribution is 6.17. The van der Waals surface area contributed by atoms with Crippen LogP contribution in [0.2, 0.25) is 0 Å². The van der Waals surface area contributed by atoms with Crippen LogP contribution in [0.5, 0.6) is 0 Å². The van der Waals surface area contributed by atoms with E-state index < -0.39 is 18.7 Å². The molecule has 1 unspecified atom stereocenters. The van der Waals surface area contributed by atoms with Crippen molar-refractivity contribution in [2.75, 3.05) is 12.5 Å². The van der Waals surface area contributed by atoms with Crippen molar-refractivity contribution >= 4 is 18.0 Å². The first-order valence-electron chi connectivity index (χ1n) is 3.32. The zero-order chi connectivity index (χ0) is 10.9. The molecule has 0 bridgehead atoms. The number of amides is 1. The lowest BCUT2D eigenvalue weighted by atomic mass is 10.1. The van der Waals surface area contributed by atoms with Crippen LogP contribution < -0.4 is 5.73 Å². The zero-order valence-electron chi connectivity index (χ0n) is 6.72. The van der Waals surface area contributed by atoms with E-state index in [1.54, 1.807) is 0 Å². The van der Waals surface area contributed by atoms with Crippen molar-refractivity contribution in [2.24, 2.45) is 11.7 Å². The van der Waals surface area contributed by atoms with Crippen molar-refractivity contribution in [1.82, 2.24) is 0 Å². The minimum atomic E-state index is -4.32. The van der Waals surface area contributed by atoms with Gasteiger partial charge in [0.1, 0.15) is 0 Å². The van der Waals surface area contributed by atoms with E-state index in [1.165, 1.54) is 0 Å². The molecule has 3 N–H and O–H groups in total. The lowest BCUT2D eigenvalue weighted by molar-refractivity contribution is -0.184. The second-order valence-corrected chi connectivity index (χ2v) is 2.41. The van der Waals surface area contributed by atoms with Crippen LogP contribution in [0.25, 0.3) is 0 Å². The summed E-state index contributed by atoms with van der Waals surface area (Å²) >= 11 is 5.07. The Balaban J connectivity index is 0. The fourth-order valence-corrected chi connectivity index (χ4v) is 0.754. The Kier molecular flexibility index (Phi) is 9.38. The molecular weight excluding hydrogens is 211 g/mol. The van der Waals surface area contributed by atoms with Gasteiger partial charge in [0.05, 0.1) is 12.5 Å². The first-order valence-corrected chi connectivity index (χ1v) is 3.86. The predicted molar refractivity (Wildman–Crippen MR) is 42.2 cm³/mol. The third-order valence-corrected chi connectivity index (χ3v) is 1.36. The Morgan fingerprint density at radius 3 is 2.00 bits per heavy atom. The van der Waals surface area contributed by atoms with Crippen LogP contribution in [0, 0.1) is 5.92 Å². The number of alkyl halides is 4. The number of halogens is 4. The number of aliphatic hydroxyl groups is 1. The summed E-state index contributed by atoms with van der Waals surface area (Å²) in [5.41, 5.74) is 4.17. The van der Waals surface area contributed by atoms with E-state index in [2.05, 4.69) is 5.73 Å². The molecule has 0 aromatic heterocycles. The first kappa shape index (κ1) is 15.0. The van der Waals surface area contributed by atoms with Gasteiger partial charge in [0.15, 0.2) is 0 Å². The summed E-state index contributed by atoms with van der Waals surface area (Å²) in [5, 5.41) is 8.21. The molecule has 0 aliphatic heterocycles. The van der Waals surface area contributed by atoms with E-state index in [4.69, 9.17) is 21.5 Å². The molecule has 0 aliphatic rings. The fourth-order valence-electron chi connectivity index (χ4n) is 0.490. The van der Waals surface area contributed by atoms with Crippen LogP contribution in [0.4, 0.5) is 13.2 Å². The van der Waals surface area contributed by atoms with E-state index in [-0.39, 0.29) is 18.7 Å². The summed E-state index contributed by atoms with van der Waals surface area (Å²) in [6, 6.07) is 0. The van der Waals surface area contributed by atoms with Gasteiger partial charge >= 0.3 is 6.18 Å². The van der Waals surface area contributed by atoms with Gasteiger partial charge in [-0.15, -0.1) is 11.6 Å². The standard InChI is InChI=1S/C5H8ClF3O.CH3NO/c6-2-1-4(3-10)5(7,8)9;2-1-3/h4,10H,1-3H2;1H,(H2,2,3). The molecule has 0 radical (unpaired) electrons. The van der Waals surface area contributed by atoms with Gasteiger partial charge in [0, 0.05) is 5.88 Å². The molecular formula is C6H11ClF3NO2. The number of carbonyl (C=O) groups is 1. The zero-order valence-corrected chi connectivity index (χ0v) is 7.48. The number of primary amides is 1. The van der Waals surface area contributed by atoms with Crippen LogP contribution in [0.15, 0.2) is 0 Å². The molecule has 0 saturated carbocycles. The molecule has 1 amide bonds. The van der Waals surface area contributed by atoms with Crippen molar-refractivity contribution < 1.29 is 23.1 Å². The minimum absolute atomic E-state index is 0.0786. The van der Waals surface area contributed by atoms with Gasteiger partial charge in [0.25, 0.3) is 0 Å². The third kappa shape index (κ3) is 9.42. The van der Waals surface area contributed by atoms with Gasteiger partial charge in [-0.25, -0.2) is 0 Å². The van der Waals surface area contributed by atoms with Crippen molar-refractivity contribution in [1.29, 1.82) is 0 Å². The van der Waals surface area contributed by atoms with Gasteiger partial charge in [-0.1, -0.05) is 0 Å². The predicted octanol–water partition coefficient (Wildman–Crippen LogP) is 0.888. The number of aliphatic hydroxyl groups excluding tert-OH is 1. The lowest BCUT2D eigenvalue weighted by Gasteiger charge is -2.15.